The first-order chi connectivity index (χ1) is 8.63. The SMILES string of the molecule is O=C(O)Cn1nnc(COc2cccc(F)c2)n1. The topological polar surface area (TPSA) is 90.1 Å². The highest BCUT2D eigenvalue weighted by Gasteiger charge is 2.06. The van der Waals surface area contributed by atoms with Gasteiger partial charge in [0.1, 0.15) is 11.6 Å². The summed E-state index contributed by atoms with van der Waals surface area (Å²) in [4.78, 5) is 11.3. The fourth-order valence-electron chi connectivity index (χ4n) is 1.23. The first-order valence-corrected chi connectivity index (χ1v) is 5.00. The maximum absolute atomic E-state index is 12.8. The van der Waals surface area contributed by atoms with E-state index in [9.17, 15) is 9.18 Å². The van der Waals surface area contributed by atoms with Gasteiger partial charge in [0, 0.05) is 6.07 Å². The fourth-order valence-corrected chi connectivity index (χ4v) is 1.23. The summed E-state index contributed by atoms with van der Waals surface area (Å²) in [5.41, 5.74) is 0. The van der Waals surface area contributed by atoms with Crippen LogP contribution in [0.1, 0.15) is 5.82 Å². The molecule has 1 aromatic carbocycles. The number of hydrogen-bond acceptors (Lipinski definition) is 5. The summed E-state index contributed by atoms with van der Waals surface area (Å²) in [6.07, 6.45) is 0. The van der Waals surface area contributed by atoms with Crippen molar-refractivity contribution in [2.75, 3.05) is 0 Å². The highest BCUT2D eigenvalue weighted by atomic mass is 19.1. The molecule has 1 aromatic heterocycles. The predicted octanol–water partition coefficient (Wildman–Crippen LogP) is 0.476. The molecule has 2 aromatic rings. The van der Waals surface area contributed by atoms with Gasteiger partial charge in [-0.15, -0.1) is 10.2 Å². The van der Waals surface area contributed by atoms with Crippen LogP contribution in [0, 0.1) is 5.82 Å². The van der Waals surface area contributed by atoms with Gasteiger partial charge in [0.25, 0.3) is 0 Å². The second kappa shape index (κ2) is 5.21. The third-order valence-corrected chi connectivity index (χ3v) is 1.93. The van der Waals surface area contributed by atoms with Crippen molar-refractivity contribution >= 4 is 5.97 Å². The molecule has 0 saturated heterocycles. The Morgan fingerprint density at radius 3 is 3.06 bits per heavy atom. The molecular weight excluding hydrogens is 243 g/mol. The van der Waals surface area contributed by atoms with Crippen molar-refractivity contribution in [3.63, 3.8) is 0 Å². The highest BCUT2D eigenvalue weighted by molar-refractivity contribution is 5.66. The maximum Gasteiger partial charge on any atom is 0.327 e. The van der Waals surface area contributed by atoms with Gasteiger partial charge in [-0.05, 0) is 17.3 Å². The van der Waals surface area contributed by atoms with Crippen molar-refractivity contribution in [3.05, 3.63) is 35.9 Å². The number of benzene rings is 1. The molecule has 0 aliphatic heterocycles. The second-order valence-electron chi connectivity index (χ2n) is 3.38. The highest BCUT2D eigenvalue weighted by Crippen LogP contribution is 2.12. The number of halogens is 1. The number of carboxylic acid groups (broad SMARTS) is 1. The molecular formula is C10H9FN4O3. The van der Waals surface area contributed by atoms with E-state index < -0.39 is 11.8 Å². The van der Waals surface area contributed by atoms with Crippen LogP contribution in [0.5, 0.6) is 5.75 Å². The van der Waals surface area contributed by atoms with Gasteiger partial charge in [-0.1, -0.05) is 6.07 Å². The van der Waals surface area contributed by atoms with Crippen LogP contribution < -0.4 is 4.74 Å². The van der Waals surface area contributed by atoms with E-state index in [2.05, 4.69) is 15.4 Å². The summed E-state index contributed by atoms with van der Waals surface area (Å²) in [5.74, 6) is -0.912. The van der Waals surface area contributed by atoms with E-state index in [1.165, 1.54) is 18.2 Å². The third-order valence-electron chi connectivity index (χ3n) is 1.93. The number of aromatic nitrogens is 4. The third kappa shape index (κ3) is 3.24. The predicted molar refractivity (Wildman–Crippen MR) is 56.2 cm³/mol. The molecule has 94 valence electrons. The number of carbonyl (C=O) groups is 1. The van der Waals surface area contributed by atoms with E-state index in [0.29, 0.717) is 5.75 Å². The number of ether oxygens (including phenoxy) is 1. The van der Waals surface area contributed by atoms with Gasteiger partial charge in [-0.25, -0.2) is 4.39 Å². The summed E-state index contributed by atoms with van der Waals surface area (Å²) in [7, 11) is 0. The Labute approximate surface area is 101 Å². The molecule has 0 saturated carbocycles. The molecule has 0 fully saturated rings. The molecule has 8 heteroatoms. The molecule has 0 radical (unpaired) electrons. The summed E-state index contributed by atoms with van der Waals surface area (Å²) in [6.45, 7) is -0.379. The van der Waals surface area contributed by atoms with Crippen molar-refractivity contribution in [3.8, 4) is 5.75 Å². The first-order valence-electron chi connectivity index (χ1n) is 5.00. The lowest BCUT2D eigenvalue weighted by Gasteiger charge is -2.02. The van der Waals surface area contributed by atoms with Crippen LogP contribution >= 0.6 is 0 Å². The van der Waals surface area contributed by atoms with Crippen LogP contribution in [0.2, 0.25) is 0 Å². The summed E-state index contributed by atoms with van der Waals surface area (Å²) < 4.78 is 18.1. The summed E-state index contributed by atoms with van der Waals surface area (Å²) >= 11 is 0. The lowest BCUT2D eigenvalue weighted by atomic mass is 10.3. The summed E-state index contributed by atoms with van der Waals surface area (Å²) in [6, 6.07) is 5.63. The number of nitrogens with zero attached hydrogens (tertiary/aromatic N) is 4. The number of rotatable bonds is 5. The Bertz CT molecular complexity index is 558. The van der Waals surface area contributed by atoms with E-state index in [1.54, 1.807) is 6.07 Å². The average molecular weight is 252 g/mol. The normalized spacial score (nSPS) is 10.3. The number of aliphatic carboxylic acids is 1. The Morgan fingerprint density at radius 2 is 2.33 bits per heavy atom. The molecule has 2 rings (SSSR count). The largest absolute Gasteiger partial charge is 0.485 e. The van der Waals surface area contributed by atoms with E-state index in [1.807, 2.05) is 0 Å². The van der Waals surface area contributed by atoms with Gasteiger partial charge < -0.3 is 9.84 Å². The van der Waals surface area contributed by atoms with Crippen LogP contribution in [0.15, 0.2) is 24.3 Å². The van der Waals surface area contributed by atoms with Crippen molar-refractivity contribution in [2.24, 2.45) is 0 Å². The lowest BCUT2D eigenvalue weighted by Crippen LogP contribution is -2.12. The molecule has 1 heterocycles. The van der Waals surface area contributed by atoms with E-state index in [0.717, 1.165) is 4.80 Å². The average Bonchev–Trinajstić information content (AvgIpc) is 2.73. The van der Waals surface area contributed by atoms with Crippen molar-refractivity contribution in [1.82, 2.24) is 20.2 Å². The zero-order chi connectivity index (χ0) is 13.0. The number of hydrogen-bond donors (Lipinski definition) is 1. The standard InChI is InChI=1S/C10H9FN4O3/c11-7-2-1-3-8(4-7)18-6-9-12-14-15(13-9)5-10(16)17/h1-4H,5-6H2,(H,16,17). The van der Waals surface area contributed by atoms with Crippen LogP contribution in [-0.4, -0.2) is 31.3 Å². The van der Waals surface area contributed by atoms with Gasteiger partial charge >= 0.3 is 5.97 Å². The Balaban J connectivity index is 1.94. The Kier molecular flexibility index (Phi) is 3.46. The van der Waals surface area contributed by atoms with Gasteiger partial charge in [-0.3, -0.25) is 4.79 Å². The van der Waals surface area contributed by atoms with Crippen molar-refractivity contribution < 1.29 is 19.0 Å². The smallest absolute Gasteiger partial charge is 0.327 e. The van der Waals surface area contributed by atoms with Crippen LogP contribution in [0.4, 0.5) is 4.39 Å². The zero-order valence-electron chi connectivity index (χ0n) is 9.15. The minimum Gasteiger partial charge on any atom is -0.485 e. The maximum atomic E-state index is 12.8. The molecule has 0 spiro atoms. The van der Waals surface area contributed by atoms with E-state index in [-0.39, 0.29) is 19.0 Å². The van der Waals surface area contributed by atoms with Gasteiger partial charge in [0.2, 0.25) is 5.82 Å². The molecule has 0 unspecified atom stereocenters. The molecule has 0 aliphatic carbocycles. The van der Waals surface area contributed by atoms with E-state index >= 15 is 0 Å². The zero-order valence-corrected chi connectivity index (χ0v) is 9.15. The molecule has 0 bridgehead atoms. The monoisotopic (exact) mass is 252 g/mol. The van der Waals surface area contributed by atoms with Crippen molar-refractivity contribution in [1.29, 1.82) is 0 Å². The number of carboxylic acids is 1. The quantitative estimate of drug-likeness (QED) is 0.832. The Hall–Kier alpha value is -2.51. The Morgan fingerprint density at radius 1 is 1.50 bits per heavy atom. The second-order valence-corrected chi connectivity index (χ2v) is 3.38. The minimum atomic E-state index is -1.06. The molecule has 7 nitrogen and oxygen atoms in total. The number of tetrazole rings is 1. The van der Waals surface area contributed by atoms with Gasteiger partial charge in [-0.2, -0.15) is 4.80 Å². The lowest BCUT2D eigenvalue weighted by molar-refractivity contribution is -0.138. The summed E-state index contributed by atoms with van der Waals surface area (Å²) in [5, 5.41) is 19.4. The molecule has 0 atom stereocenters. The molecule has 18 heavy (non-hydrogen) atoms. The minimum absolute atomic E-state index is 0.0108. The van der Waals surface area contributed by atoms with Crippen LogP contribution in [-0.2, 0) is 17.9 Å². The van der Waals surface area contributed by atoms with Gasteiger partial charge in [0.05, 0.1) is 0 Å². The van der Waals surface area contributed by atoms with Gasteiger partial charge in [0.15, 0.2) is 13.2 Å². The first kappa shape index (κ1) is 12.0. The van der Waals surface area contributed by atoms with E-state index in [4.69, 9.17) is 9.84 Å². The molecule has 1 N–H and O–H groups in total. The molecule has 0 aliphatic rings. The van der Waals surface area contributed by atoms with Crippen LogP contribution in [0.3, 0.4) is 0 Å². The van der Waals surface area contributed by atoms with Crippen LogP contribution in [0.25, 0.3) is 0 Å². The van der Waals surface area contributed by atoms with Crippen molar-refractivity contribution in [2.45, 2.75) is 13.2 Å². The fraction of sp³-hybridized carbons (Fsp3) is 0.200. The molecule has 0 amide bonds.